The maximum atomic E-state index is 12.8. The average molecular weight is 493 g/mol. The normalized spacial score (nSPS) is 10.8. The number of carbonyl (C=O) groups is 3. The molecule has 0 spiro atoms. The van der Waals surface area contributed by atoms with Gasteiger partial charge in [0.25, 0.3) is 0 Å². The van der Waals surface area contributed by atoms with Crippen molar-refractivity contribution in [1.29, 1.82) is 0 Å². The van der Waals surface area contributed by atoms with Crippen LogP contribution >= 0.6 is 11.3 Å². The van der Waals surface area contributed by atoms with E-state index in [9.17, 15) is 14.4 Å². The van der Waals surface area contributed by atoms with Gasteiger partial charge in [0.2, 0.25) is 5.91 Å². The number of rotatable bonds is 9. The lowest BCUT2D eigenvalue weighted by Crippen LogP contribution is -2.19. The zero-order chi connectivity index (χ0) is 24.9. The summed E-state index contributed by atoms with van der Waals surface area (Å²) in [4.78, 5) is 42.9. The van der Waals surface area contributed by atoms with Gasteiger partial charge in [-0.2, -0.15) is 9.78 Å². The molecule has 4 aromatic rings. The largest absolute Gasteiger partial charge is 0.494 e. The number of carbonyl (C=O) groups excluding carboxylic acids is 3. The summed E-state index contributed by atoms with van der Waals surface area (Å²) in [6, 6.07) is 10.9. The van der Waals surface area contributed by atoms with Gasteiger partial charge in [-0.1, -0.05) is 18.2 Å². The van der Waals surface area contributed by atoms with Gasteiger partial charge in [0.1, 0.15) is 16.8 Å². The lowest BCUT2D eigenvalue weighted by atomic mass is 10.1. The first kappa shape index (κ1) is 24.1. The van der Waals surface area contributed by atoms with Crippen LogP contribution in [0.4, 0.5) is 5.82 Å². The minimum absolute atomic E-state index is 0.0414. The minimum Gasteiger partial charge on any atom is -0.494 e. The fourth-order valence-electron chi connectivity index (χ4n) is 3.63. The Morgan fingerprint density at radius 2 is 1.97 bits per heavy atom. The highest BCUT2D eigenvalue weighted by Gasteiger charge is 2.23. The quantitative estimate of drug-likeness (QED) is 0.269. The Balaban J connectivity index is 1.68. The summed E-state index contributed by atoms with van der Waals surface area (Å²) in [5, 5.41) is 9.77. The molecule has 0 unspecified atom stereocenters. The fraction of sp³-hybridized carbons (Fsp3) is 0.240. The number of thiophene rings is 1. The molecule has 0 aliphatic carbocycles. The number of benzene rings is 1. The van der Waals surface area contributed by atoms with Crippen molar-refractivity contribution in [3.8, 4) is 11.6 Å². The number of amides is 1. The number of hydrogen-bond donors (Lipinski definition) is 1. The molecule has 0 atom stereocenters. The first-order valence-corrected chi connectivity index (χ1v) is 11.9. The van der Waals surface area contributed by atoms with E-state index in [0.29, 0.717) is 22.0 Å². The number of aryl methyl sites for hydroxylation is 1. The van der Waals surface area contributed by atoms with E-state index in [2.05, 4.69) is 10.4 Å². The lowest BCUT2D eigenvalue weighted by molar-refractivity contribution is -0.116. The number of esters is 1. The maximum absolute atomic E-state index is 12.8. The summed E-state index contributed by atoms with van der Waals surface area (Å²) in [6.07, 6.45) is 1.32. The van der Waals surface area contributed by atoms with Gasteiger partial charge in [-0.05, 0) is 43.0 Å². The Bertz CT molecular complexity index is 1390. The number of hydrogen-bond acceptors (Lipinski definition) is 8. The number of ketones is 1. The van der Waals surface area contributed by atoms with Crippen molar-refractivity contribution in [1.82, 2.24) is 14.8 Å². The average Bonchev–Trinajstić information content (AvgIpc) is 3.53. The maximum Gasteiger partial charge on any atom is 0.343 e. The third-order valence-electron chi connectivity index (χ3n) is 5.33. The van der Waals surface area contributed by atoms with Crippen LogP contribution in [0.5, 0.6) is 5.75 Å². The summed E-state index contributed by atoms with van der Waals surface area (Å²) in [5.74, 6) is -0.0784. The Hall–Kier alpha value is -4.05. The zero-order valence-corrected chi connectivity index (χ0v) is 20.3. The number of aromatic nitrogens is 3. The molecule has 0 radical (unpaired) electrons. The van der Waals surface area contributed by atoms with Gasteiger partial charge in [-0.25, -0.2) is 9.78 Å². The Labute approximate surface area is 205 Å². The van der Waals surface area contributed by atoms with E-state index < -0.39 is 11.9 Å². The van der Waals surface area contributed by atoms with Crippen molar-refractivity contribution in [3.05, 3.63) is 64.0 Å². The van der Waals surface area contributed by atoms with Gasteiger partial charge < -0.3 is 14.8 Å². The van der Waals surface area contributed by atoms with Gasteiger partial charge in [0.15, 0.2) is 17.4 Å². The molecule has 0 fully saturated rings. The Kier molecular flexibility index (Phi) is 7.21. The summed E-state index contributed by atoms with van der Waals surface area (Å²) < 4.78 is 12.0. The highest BCUT2D eigenvalue weighted by atomic mass is 32.1. The Morgan fingerprint density at radius 3 is 2.69 bits per heavy atom. The van der Waals surface area contributed by atoms with Crippen LogP contribution in [0.2, 0.25) is 0 Å². The highest BCUT2D eigenvalue weighted by Crippen LogP contribution is 2.29. The number of Topliss-reactive ketones (excluding diaryl/α,β-unsaturated/α-hetero) is 1. The van der Waals surface area contributed by atoms with Crippen molar-refractivity contribution < 1.29 is 23.9 Å². The predicted octanol–water partition coefficient (Wildman–Crippen LogP) is 4.58. The third kappa shape index (κ3) is 5.07. The molecule has 1 aromatic carbocycles. The molecule has 1 amide bonds. The van der Waals surface area contributed by atoms with E-state index in [4.69, 9.17) is 14.5 Å². The van der Waals surface area contributed by atoms with E-state index in [-0.39, 0.29) is 36.6 Å². The fourth-order valence-corrected chi connectivity index (χ4v) is 4.32. The van der Waals surface area contributed by atoms with Crippen molar-refractivity contribution >= 4 is 45.7 Å². The molecule has 0 bridgehead atoms. The van der Waals surface area contributed by atoms with Gasteiger partial charge in [0.05, 0.1) is 24.8 Å². The van der Waals surface area contributed by atoms with E-state index in [1.165, 1.54) is 22.2 Å². The number of anilines is 1. The monoisotopic (exact) mass is 492 g/mol. The lowest BCUT2D eigenvalue weighted by Gasteiger charge is -2.13. The topological polar surface area (TPSA) is 112 Å². The van der Waals surface area contributed by atoms with Gasteiger partial charge in [-0.15, -0.1) is 11.3 Å². The number of nitrogens with zero attached hydrogens (tertiary/aromatic N) is 3. The predicted molar refractivity (Wildman–Crippen MR) is 133 cm³/mol. The molecule has 0 saturated heterocycles. The molecule has 0 aliphatic rings. The number of methoxy groups -OCH3 is 1. The third-order valence-corrected chi connectivity index (χ3v) is 6.24. The second kappa shape index (κ2) is 10.5. The van der Waals surface area contributed by atoms with Crippen LogP contribution in [0.15, 0.2) is 48.0 Å². The van der Waals surface area contributed by atoms with Crippen molar-refractivity contribution in [3.63, 3.8) is 0 Å². The number of fused-ring (bicyclic) bond motifs is 1. The second-order valence-corrected chi connectivity index (χ2v) is 8.59. The van der Waals surface area contributed by atoms with E-state index in [1.54, 1.807) is 38.3 Å². The Morgan fingerprint density at radius 1 is 1.14 bits per heavy atom. The SMILES string of the molecule is CCOC(=O)c1cnn(-c2cc(C)c3cccc(OC)c3n2)c1NC(=O)CCC(=O)c1cccs1. The molecule has 10 heteroatoms. The first-order chi connectivity index (χ1) is 16.9. The number of ether oxygens (including phenoxy) is 2. The van der Waals surface area contributed by atoms with Crippen LogP contribution in [-0.2, 0) is 9.53 Å². The summed E-state index contributed by atoms with van der Waals surface area (Å²) in [6.45, 7) is 3.78. The van der Waals surface area contributed by atoms with Crippen molar-refractivity contribution in [2.75, 3.05) is 19.0 Å². The van der Waals surface area contributed by atoms with Crippen LogP contribution in [0.1, 0.15) is 45.4 Å². The molecule has 35 heavy (non-hydrogen) atoms. The molecular formula is C25H24N4O5S. The highest BCUT2D eigenvalue weighted by molar-refractivity contribution is 7.12. The van der Waals surface area contributed by atoms with Gasteiger partial charge in [-0.3, -0.25) is 9.59 Å². The molecule has 9 nitrogen and oxygen atoms in total. The minimum atomic E-state index is -0.626. The summed E-state index contributed by atoms with van der Waals surface area (Å²) in [7, 11) is 1.56. The number of pyridine rings is 1. The molecular weight excluding hydrogens is 468 g/mol. The van der Waals surface area contributed by atoms with Crippen LogP contribution < -0.4 is 10.1 Å². The van der Waals surface area contributed by atoms with Crippen LogP contribution in [-0.4, -0.2) is 46.1 Å². The van der Waals surface area contributed by atoms with Crippen LogP contribution in [0.25, 0.3) is 16.7 Å². The van der Waals surface area contributed by atoms with Crippen LogP contribution in [0, 0.1) is 6.92 Å². The van der Waals surface area contributed by atoms with Crippen molar-refractivity contribution in [2.45, 2.75) is 26.7 Å². The van der Waals surface area contributed by atoms with E-state index >= 15 is 0 Å². The second-order valence-electron chi connectivity index (χ2n) is 7.64. The first-order valence-electron chi connectivity index (χ1n) is 11.0. The van der Waals surface area contributed by atoms with E-state index in [1.807, 2.05) is 24.4 Å². The van der Waals surface area contributed by atoms with Crippen LogP contribution in [0.3, 0.4) is 0 Å². The summed E-state index contributed by atoms with van der Waals surface area (Å²) in [5.41, 5.74) is 1.62. The van der Waals surface area contributed by atoms with Gasteiger partial charge in [0, 0.05) is 18.2 Å². The molecule has 0 saturated carbocycles. The number of para-hydroxylation sites is 1. The standard InChI is InChI=1S/C25H24N4O5S/c1-4-34-25(32)17-14-26-29(21-13-15(2)16-7-5-8-19(33-3)23(16)27-21)24(17)28-22(31)11-10-18(30)20-9-6-12-35-20/h5-9,12-14H,4,10-11H2,1-3H3,(H,28,31). The van der Waals surface area contributed by atoms with Gasteiger partial charge >= 0.3 is 5.97 Å². The molecule has 1 N–H and O–H groups in total. The molecule has 180 valence electrons. The summed E-state index contributed by atoms with van der Waals surface area (Å²) >= 11 is 1.33. The zero-order valence-electron chi connectivity index (χ0n) is 19.5. The number of nitrogens with one attached hydrogen (secondary N) is 1. The smallest absolute Gasteiger partial charge is 0.343 e. The molecule has 3 heterocycles. The van der Waals surface area contributed by atoms with E-state index in [0.717, 1.165) is 10.9 Å². The molecule has 0 aliphatic heterocycles. The molecule has 4 rings (SSSR count). The van der Waals surface area contributed by atoms with Crippen molar-refractivity contribution in [2.24, 2.45) is 0 Å². The molecule has 3 aromatic heterocycles.